The highest BCUT2D eigenvalue weighted by molar-refractivity contribution is 6.31. The minimum atomic E-state index is -0.301. The number of rotatable bonds is 11. The highest BCUT2D eigenvalue weighted by Gasteiger charge is 2.39. The van der Waals surface area contributed by atoms with E-state index in [1.54, 1.807) is 0 Å². The summed E-state index contributed by atoms with van der Waals surface area (Å²) in [6.45, 7) is 9.60. The molecule has 0 saturated heterocycles. The second-order valence-electron chi connectivity index (χ2n) is 34.8. The molecule has 22 aromatic carbocycles. The number of anilines is 6. The number of nitrogens with zero attached hydrogens (tertiary/aromatic N) is 2. The molecule has 0 saturated carbocycles. The SMILES string of the molecule is CC1(C)c2ccc(-c3ccc4ccc5c(N(c6ccccc6-c6ccccc6)c6cccc7c6oc6cc(-c8ccc9ccc%10c(c9c8)C(C)(C)c8ccc(-c9ccc%11ccc%12c(N(c%13ccccc%13-c%13ccccc%13)c%13cccc%14c%13oc%13ccccc%13%14)ccc%13ccc9c%11c%13%12)cc8-%10)ccc67)ccc6ccc3c4c65)cc2-c2cc3ccccc3cc21. The first kappa shape index (κ1) is 68.7. The molecular formula is C118H76N2O2. The minimum absolute atomic E-state index is 0.123. The summed E-state index contributed by atoms with van der Waals surface area (Å²) in [7, 11) is 0. The van der Waals surface area contributed by atoms with Gasteiger partial charge in [-0.2, -0.15) is 0 Å². The standard InChI is InChI=1S/C118H76N2O2/c1-117(2)99-59-47-81(66-97(99)98-64-76-25-11-12-26-77(76)67-101(98)117)83-52-41-73-45-58-94-105(62-50-75-43-55-89(83)111(73)113(75)94)120(103-33-17-14-28-85(103)70-23-9-6-10-24-70)107-35-20-31-92-87-53-46-79(68-109(87)122-116(92)107)78-38-37-71-39-56-90-96-65-80(48-60-100(96)118(3,4)114(90)95(71)63-78)82-51-40-72-44-57-93-104(61-49-74-42-54-88(82)110(72)112(74)93)119(102-32-16-13-27-84(102)69-21-7-5-8-22-69)106-34-19-30-91-86-29-15-18-36-108(86)121-115(91)106/h5-68H,1-4H3. The van der Waals surface area contributed by atoms with Crippen LogP contribution in [-0.2, 0) is 10.8 Å². The van der Waals surface area contributed by atoms with Crippen LogP contribution in [0.3, 0.4) is 0 Å². The van der Waals surface area contributed by atoms with Crippen LogP contribution in [0.1, 0.15) is 49.9 Å². The number of hydrogen-bond donors (Lipinski definition) is 0. The van der Waals surface area contributed by atoms with E-state index in [0.29, 0.717) is 0 Å². The van der Waals surface area contributed by atoms with Crippen molar-refractivity contribution in [3.8, 4) is 77.9 Å². The van der Waals surface area contributed by atoms with Gasteiger partial charge < -0.3 is 18.6 Å². The summed E-state index contributed by atoms with van der Waals surface area (Å²) in [5.74, 6) is 0. The quantitative estimate of drug-likeness (QED) is 0.121. The van der Waals surface area contributed by atoms with Crippen LogP contribution in [0.15, 0.2) is 397 Å². The van der Waals surface area contributed by atoms with Crippen LogP contribution in [0.4, 0.5) is 34.1 Å². The van der Waals surface area contributed by atoms with Crippen LogP contribution in [-0.4, -0.2) is 0 Å². The summed E-state index contributed by atoms with van der Waals surface area (Å²) in [5.41, 5.74) is 31.5. The molecular weight excluding hydrogens is 1480 g/mol. The lowest BCUT2D eigenvalue weighted by Gasteiger charge is -2.29. The molecule has 2 aliphatic carbocycles. The van der Waals surface area contributed by atoms with Crippen molar-refractivity contribution in [2.75, 3.05) is 9.80 Å². The van der Waals surface area contributed by atoms with E-state index in [-0.39, 0.29) is 10.8 Å². The van der Waals surface area contributed by atoms with Gasteiger partial charge in [0, 0.05) is 54.3 Å². The van der Waals surface area contributed by atoms with Gasteiger partial charge in [0.1, 0.15) is 11.2 Å². The largest absolute Gasteiger partial charge is 0.454 e. The number of benzene rings is 22. The molecule has 570 valence electrons. The van der Waals surface area contributed by atoms with E-state index in [1.807, 2.05) is 0 Å². The predicted octanol–water partition coefficient (Wildman–Crippen LogP) is 33.5. The molecule has 2 aliphatic rings. The van der Waals surface area contributed by atoms with E-state index in [9.17, 15) is 0 Å². The predicted molar refractivity (Wildman–Crippen MR) is 515 cm³/mol. The highest BCUT2D eigenvalue weighted by Crippen LogP contribution is 2.58. The van der Waals surface area contributed by atoms with Crippen LogP contribution >= 0.6 is 0 Å². The molecule has 0 radical (unpaired) electrons. The summed E-state index contributed by atoms with van der Waals surface area (Å²) in [4.78, 5) is 4.92. The molecule has 122 heavy (non-hydrogen) atoms. The van der Waals surface area contributed by atoms with Gasteiger partial charge in [-0.1, -0.05) is 331 Å². The maximum absolute atomic E-state index is 7.48. The van der Waals surface area contributed by atoms with E-state index in [1.165, 1.54) is 153 Å². The van der Waals surface area contributed by atoms with Gasteiger partial charge in [-0.15, -0.1) is 0 Å². The monoisotopic (exact) mass is 1550 g/mol. The first-order valence-electron chi connectivity index (χ1n) is 42.6. The van der Waals surface area contributed by atoms with Crippen LogP contribution in [0.25, 0.3) is 208 Å². The Labute approximate surface area is 704 Å². The lowest BCUT2D eigenvalue weighted by Crippen LogP contribution is -2.15. The Kier molecular flexibility index (Phi) is 14.4. The topological polar surface area (TPSA) is 32.8 Å². The van der Waals surface area contributed by atoms with Crippen molar-refractivity contribution < 1.29 is 8.83 Å². The van der Waals surface area contributed by atoms with Crippen molar-refractivity contribution in [1.29, 1.82) is 0 Å². The summed E-state index contributed by atoms with van der Waals surface area (Å²) >= 11 is 0. The van der Waals surface area contributed by atoms with Gasteiger partial charge in [0.15, 0.2) is 11.2 Å². The Bertz CT molecular complexity index is 8590. The second kappa shape index (κ2) is 25.6. The van der Waals surface area contributed by atoms with Gasteiger partial charge in [-0.05, 0) is 249 Å². The number of fused-ring (bicyclic) bond motifs is 15. The zero-order chi connectivity index (χ0) is 80.5. The molecule has 2 aromatic heterocycles. The molecule has 0 N–H and O–H groups in total. The maximum Gasteiger partial charge on any atom is 0.159 e. The van der Waals surface area contributed by atoms with Gasteiger partial charge in [-0.25, -0.2) is 0 Å². The third-order valence-electron chi connectivity index (χ3n) is 27.7. The molecule has 2 heterocycles. The molecule has 0 unspecified atom stereocenters. The number of hydrogen-bond acceptors (Lipinski definition) is 4. The molecule has 0 amide bonds. The van der Waals surface area contributed by atoms with Gasteiger partial charge in [0.25, 0.3) is 0 Å². The van der Waals surface area contributed by atoms with Crippen molar-refractivity contribution in [3.05, 3.63) is 411 Å². The molecule has 0 spiro atoms. The molecule has 0 bridgehead atoms. The number of furan rings is 2. The van der Waals surface area contributed by atoms with Gasteiger partial charge in [0.2, 0.25) is 0 Å². The molecule has 4 heteroatoms. The fraction of sp³-hybridized carbons (Fsp3) is 0.0508. The van der Waals surface area contributed by atoms with E-state index in [0.717, 1.165) is 111 Å². The third kappa shape index (κ3) is 9.86. The smallest absolute Gasteiger partial charge is 0.159 e. The van der Waals surface area contributed by atoms with Gasteiger partial charge in [0.05, 0.1) is 34.1 Å². The Balaban J connectivity index is 0.581. The molecule has 26 rings (SSSR count). The first-order valence-corrected chi connectivity index (χ1v) is 42.6. The average Bonchev–Trinajstić information content (AvgIpc) is 1.07. The minimum Gasteiger partial charge on any atom is -0.454 e. The molecule has 0 atom stereocenters. The highest BCUT2D eigenvalue weighted by atomic mass is 16.3. The van der Waals surface area contributed by atoms with E-state index in [2.05, 4.69) is 426 Å². The Hall–Kier alpha value is -15.4. The van der Waals surface area contributed by atoms with Crippen molar-refractivity contribution in [3.63, 3.8) is 0 Å². The van der Waals surface area contributed by atoms with E-state index < -0.39 is 0 Å². The Morgan fingerprint density at radius 2 is 0.590 bits per heavy atom. The van der Waals surface area contributed by atoms with E-state index >= 15 is 0 Å². The molecule has 24 aromatic rings. The molecule has 0 fully saturated rings. The fourth-order valence-corrected chi connectivity index (χ4v) is 22.0. The van der Waals surface area contributed by atoms with Crippen LogP contribution in [0.5, 0.6) is 0 Å². The zero-order valence-corrected chi connectivity index (χ0v) is 67.7. The van der Waals surface area contributed by atoms with Crippen molar-refractivity contribution in [1.82, 2.24) is 0 Å². The first-order chi connectivity index (χ1) is 60.0. The normalized spacial score (nSPS) is 13.4. The summed E-state index contributed by atoms with van der Waals surface area (Å²) in [6, 6.07) is 145. The summed E-state index contributed by atoms with van der Waals surface area (Å²) < 4.78 is 14.4. The van der Waals surface area contributed by atoms with Crippen molar-refractivity contribution in [2.24, 2.45) is 0 Å². The van der Waals surface area contributed by atoms with Gasteiger partial charge >= 0.3 is 0 Å². The molecule has 4 nitrogen and oxygen atoms in total. The lowest BCUT2D eigenvalue weighted by molar-refractivity contribution is 0.661. The van der Waals surface area contributed by atoms with Gasteiger partial charge in [-0.3, -0.25) is 0 Å². The lowest BCUT2D eigenvalue weighted by atomic mass is 9.79. The van der Waals surface area contributed by atoms with Crippen molar-refractivity contribution >= 4 is 164 Å². The van der Waals surface area contributed by atoms with Crippen LogP contribution in [0.2, 0.25) is 0 Å². The number of para-hydroxylation sites is 5. The Morgan fingerprint density at radius 3 is 1.19 bits per heavy atom. The van der Waals surface area contributed by atoms with E-state index in [4.69, 9.17) is 8.83 Å². The second-order valence-corrected chi connectivity index (χ2v) is 34.8. The summed E-state index contributed by atoms with van der Waals surface area (Å²) in [6.07, 6.45) is 0. The van der Waals surface area contributed by atoms with Crippen LogP contribution in [0, 0.1) is 0 Å². The van der Waals surface area contributed by atoms with Crippen molar-refractivity contribution in [2.45, 2.75) is 38.5 Å². The summed E-state index contributed by atoms with van der Waals surface area (Å²) in [5, 5.41) is 24.0. The maximum atomic E-state index is 7.48. The third-order valence-corrected chi connectivity index (χ3v) is 27.7. The fourth-order valence-electron chi connectivity index (χ4n) is 22.0. The molecule has 0 aliphatic heterocycles. The zero-order valence-electron chi connectivity index (χ0n) is 67.7. The average molecular weight is 1550 g/mol. The van der Waals surface area contributed by atoms with Crippen LogP contribution < -0.4 is 9.80 Å². The Morgan fingerprint density at radius 1 is 0.189 bits per heavy atom.